The Labute approximate surface area is 74.7 Å². The lowest BCUT2D eigenvalue weighted by Crippen LogP contribution is -2.38. The molecule has 1 amide bonds. The van der Waals surface area contributed by atoms with Crippen LogP contribution in [-0.2, 0) is 4.79 Å². The van der Waals surface area contributed by atoms with Crippen LogP contribution in [0.15, 0.2) is 0 Å². The zero-order valence-corrected chi connectivity index (χ0v) is 8.26. The molecule has 1 N–H and O–H groups in total. The van der Waals surface area contributed by atoms with Crippen molar-refractivity contribution in [3.63, 3.8) is 0 Å². The summed E-state index contributed by atoms with van der Waals surface area (Å²) in [6, 6.07) is 0.373. The lowest BCUT2D eigenvalue weighted by molar-refractivity contribution is -0.123. The smallest absolute Gasteiger partial charge is 0.223 e. The summed E-state index contributed by atoms with van der Waals surface area (Å²) in [4.78, 5) is 11.4. The molecule has 2 heteroatoms. The highest BCUT2D eigenvalue weighted by atomic mass is 16.2. The van der Waals surface area contributed by atoms with E-state index in [1.807, 2.05) is 0 Å². The third-order valence-electron chi connectivity index (χ3n) is 2.52. The van der Waals surface area contributed by atoms with Crippen LogP contribution in [0.1, 0.15) is 40.0 Å². The Morgan fingerprint density at radius 3 is 2.42 bits per heavy atom. The van der Waals surface area contributed by atoms with Crippen molar-refractivity contribution < 1.29 is 4.79 Å². The largest absolute Gasteiger partial charge is 0.353 e. The molecule has 2 nitrogen and oxygen atoms in total. The molecule has 1 atom stereocenters. The van der Waals surface area contributed by atoms with E-state index in [1.54, 1.807) is 0 Å². The van der Waals surface area contributed by atoms with Gasteiger partial charge in [-0.3, -0.25) is 4.79 Å². The van der Waals surface area contributed by atoms with Crippen molar-refractivity contribution in [2.24, 2.45) is 11.8 Å². The van der Waals surface area contributed by atoms with Gasteiger partial charge in [0.2, 0.25) is 5.91 Å². The van der Waals surface area contributed by atoms with Gasteiger partial charge in [-0.2, -0.15) is 0 Å². The summed E-state index contributed by atoms with van der Waals surface area (Å²) in [5, 5.41) is 3.09. The monoisotopic (exact) mass is 169 g/mol. The second kappa shape index (κ2) is 3.92. The Morgan fingerprint density at radius 2 is 2.08 bits per heavy atom. The summed E-state index contributed by atoms with van der Waals surface area (Å²) in [6.45, 7) is 6.43. The molecule has 1 aliphatic carbocycles. The highest BCUT2D eigenvalue weighted by molar-refractivity contribution is 5.81. The van der Waals surface area contributed by atoms with Gasteiger partial charge in [0.05, 0.1) is 0 Å². The lowest BCUT2D eigenvalue weighted by atomic mass is 10.0. The second-order valence-electron chi connectivity index (χ2n) is 4.04. The maximum Gasteiger partial charge on any atom is 0.223 e. The van der Waals surface area contributed by atoms with Gasteiger partial charge in [-0.25, -0.2) is 0 Å². The first-order valence-corrected chi connectivity index (χ1v) is 4.95. The van der Waals surface area contributed by atoms with Gasteiger partial charge < -0.3 is 5.32 Å². The average Bonchev–Trinajstić information content (AvgIpc) is 2.80. The van der Waals surface area contributed by atoms with Gasteiger partial charge in [0.1, 0.15) is 0 Å². The molecule has 0 heterocycles. The number of nitrogens with one attached hydrogen (secondary N) is 1. The molecule has 0 aromatic heterocycles. The van der Waals surface area contributed by atoms with Crippen LogP contribution in [0.3, 0.4) is 0 Å². The summed E-state index contributed by atoms with van der Waals surface area (Å²) in [5.74, 6) is 1.17. The lowest BCUT2D eigenvalue weighted by Gasteiger charge is -2.20. The van der Waals surface area contributed by atoms with Crippen molar-refractivity contribution in [3.05, 3.63) is 0 Å². The van der Waals surface area contributed by atoms with Gasteiger partial charge in [-0.05, 0) is 25.2 Å². The van der Waals surface area contributed by atoms with Gasteiger partial charge in [-0.15, -0.1) is 0 Å². The van der Waals surface area contributed by atoms with Crippen LogP contribution >= 0.6 is 0 Å². The van der Waals surface area contributed by atoms with Crippen LogP contribution < -0.4 is 5.32 Å². The fraction of sp³-hybridized carbons (Fsp3) is 0.900. The molecule has 0 aliphatic heterocycles. The van der Waals surface area contributed by atoms with E-state index in [9.17, 15) is 4.79 Å². The van der Waals surface area contributed by atoms with Crippen LogP contribution in [-0.4, -0.2) is 11.9 Å². The number of hydrogen-bond donors (Lipinski definition) is 1. The molecule has 0 saturated heterocycles. The Morgan fingerprint density at radius 1 is 1.50 bits per heavy atom. The van der Waals surface area contributed by atoms with Gasteiger partial charge >= 0.3 is 0 Å². The Balaban J connectivity index is 2.30. The second-order valence-corrected chi connectivity index (χ2v) is 4.04. The van der Waals surface area contributed by atoms with Crippen molar-refractivity contribution >= 4 is 5.91 Å². The van der Waals surface area contributed by atoms with Gasteiger partial charge in [0.15, 0.2) is 0 Å². The minimum absolute atomic E-state index is 0.274. The predicted molar refractivity (Wildman–Crippen MR) is 49.8 cm³/mol. The minimum atomic E-state index is 0.274. The summed E-state index contributed by atoms with van der Waals surface area (Å²) >= 11 is 0. The number of carbonyl (C=O) groups is 1. The van der Waals surface area contributed by atoms with E-state index in [4.69, 9.17) is 0 Å². The number of carbonyl (C=O) groups excluding carboxylic acids is 1. The highest BCUT2D eigenvalue weighted by Crippen LogP contribution is 2.29. The van der Waals surface area contributed by atoms with E-state index in [-0.39, 0.29) is 5.91 Å². The van der Waals surface area contributed by atoms with E-state index in [1.165, 1.54) is 0 Å². The third kappa shape index (κ3) is 2.50. The Kier molecular flexibility index (Phi) is 3.12. The van der Waals surface area contributed by atoms with E-state index in [2.05, 4.69) is 26.1 Å². The van der Waals surface area contributed by atoms with Crippen LogP contribution in [0.2, 0.25) is 0 Å². The van der Waals surface area contributed by atoms with E-state index >= 15 is 0 Å². The molecule has 1 unspecified atom stereocenters. The topological polar surface area (TPSA) is 29.1 Å². The highest BCUT2D eigenvalue weighted by Gasteiger charge is 2.30. The Hall–Kier alpha value is -0.530. The van der Waals surface area contributed by atoms with Crippen molar-refractivity contribution in [1.29, 1.82) is 0 Å². The molecule has 0 bridgehead atoms. The zero-order chi connectivity index (χ0) is 9.14. The molecule has 70 valence electrons. The number of hydrogen-bond acceptors (Lipinski definition) is 1. The van der Waals surface area contributed by atoms with Crippen molar-refractivity contribution in [2.45, 2.75) is 46.1 Å². The molecule has 1 rings (SSSR count). The number of amides is 1. The van der Waals surface area contributed by atoms with Crippen molar-refractivity contribution in [3.8, 4) is 0 Å². The molecule has 0 radical (unpaired) electrons. The first kappa shape index (κ1) is 9.56. The molecule has 12 heavy (non-hydrogen) atoms. The van der Waals surface area contributed by atoms with Crippen LogP contribution in [0.25, 0.3) is 0 Å². The predicted octanol–water partition coefficient (Wildman–Crippen LogP) is 1.95. The van der Waals surface area contributed by atoms with Crippen LogP contribution in [0.5, 0.6) is 0 Å². The molecule has 1 fully saturated rings. The normalized spacial score (nSPS) is 19.3. The van der Waals surface area contributed by atoms with E-state index in [0.717, 1.165) is 19.3 Å². The Bertz CT molecular complexity index is 161. The van der Waals surface area contributed by atoms with Gasteiger partial charge in [-0.1, -0.05) is 20.8 Å². The summed E-state index contributed by atoms with van der Waals surface area (Å²) in [6.07, 6.45) is 3.23. The molecular formula is C10H19NO. The summed E-state index contributed by atoms with van der Waals surface area (Å²) in [5.41, 5.74) is 0. The maximum absolute atomic E-state index is 11.4. The molecule has 1 aliphatic rings. The third-order valence-corrected chi connectivity index (χ3v) is 2.52. The van der Waals surface area contributed by atoms with E-state index in [0.29, 0.717) is 17.9 Å². The summed E-state index contributed by atoms with van der Waals surface area (Å²) < 4.78 is 0. The maximum atomic E-state index is 11.4. The molecular weight excluding hydrogens is 150 g/mol. The zero-order valence-electron chi connectivity index (χ0n) is 8.26. The van der Waals surface area contributed by atoms with E-state index < -0.39 is 0 Å². The average molecular weight is 169 g/mol. The standard InChI is InChI=1S/C10H19NO/c1-4-9(7(2)3)11-10(12)8-5-6-8/h7-9H,4-6H2,1-3H3,(H,11,12). The molecule has 0 aromatic carbocycles. The van der Waals surface area contributed by atoms with Gasteiger partial charge in [0.25, 0.3) is 0 Å². The first-order valence-electron chi connectivity index (χ1n) is 4.95. The minimum Gasteiger partial charge on any atom is -0.353 e. The number of rotatable bonds is 4. The molecule has 0 spiro atoms. The first-order chi connectivity index (χ1) is 5.65. The summed E-state index contributed by atoms with van der Waals surface area (Å²) in [7, 11) is 0. The fourth-order valence-electron chi connectivity index (χ4n) is 1.39. The molecule has 1 saturated carbocycles. The quantitative estimate of drug-likeness (QED) is 0.684. The SMILES string of the molecule is CCC(NC(=O)C1CC1)C(C)C. The van der Waals surface area contributed by atoms with Crippen molar-refractivity contribution in [1.82, 2.24) is 5.32 Å². The van der Waals surface area contributed by atoms with Gasteiger partial charge in [0, 0.05) is 12.0 Å². The fourth-order valence-corrected chi connectivity index (χ4v) is 1.39. The molecule has 0 aromatic rings. The van der Waals surface area contributed by atoms with Crippen molar-refractivity contribution in [2.75, 3.05) is 0 Å². The van der Waals surface area contributed by atoms with Crippen LogP contribution in [0.4, 0.5) is 0 Å². The van der Waals surface area contributed by atoms with Crippen LogP contribution in [0, 0.1) is 11.8 Å².